The summed E-state index contributed by atoms with van der Waals surface area (Å²) < 4.78 is 23.6. The van der Waals surface area contributed by atoms with E-state index in [1.165, 1.54) is 12.1 Å². The zero-order valence-corrected chi connectivity index (χ0v) is 11.8. The van der Waals surface area contributed by atoms with E-state index in [1.54, 1.807) is 12.1 Å². The zero-order valence-electron chi connectivity index (χ0n) is 11.8. The van der Waals surface area contributed by atoms with Crippen LogP contribution in [-0.4, -0.2) is 18.7 Å². The van der Waals surface area contributed by atoms with E-state index in [-0.39, 0.29) is 17.9 Å². The van der Waals surface area contributed by atoms with Gasteiger partial charge in [0, 0.05) is 6.42 Å². The number of esters is 1. The smallest absolute Gasteiger partial charge is 0.306 e. The molecule has 1 saturated carbocycles. The third kappa shape index (κ3) is 4.51. The first kappa shape index (κ1) is 14.8. The molecule has 0 amide bonds. The van der Waals surface area contributed by atoms with Crippen LogP contribution in [0.15, 0.2) is 24.3 Å². The van der Waals surface area contributed by atoms with Gasteiger partial charge in [-0.05, 0) is 62.8 Å². The topological polar surface area (TPSA) is 35.5 Å². The summed E-state index contributed by atoms with van der Waals surface area (Å²) >= 11 is 0. The quantitative estimate of drug-likeness (QED) is 0.771. The lowest BCUT2D eigenvalue weighted by molar-refractivity contribution is -0.144. The summed E-state index contributed by atoms with van der Waals surface area (Å²) in [5, 5.41) is 0. The van der Waals surface area contributed by atoms with E-state index in [1.807, 2.05) is 6.92 Å². The van der Waals surface area contributed by atoms with Gasteiger partial charge in [-0.2, -0.15) is 0 Å². The first-order chi connectivity index (χ1) is 9.67. The van der Waals surface area contributed by atoms with Crippen molar-refractivity contribution in [1.82, 2.24) is 0 Å². The van der Waals surface area contributed by atoms with Crippen molar-refractivity contribution < 1.29 is 18.7 Å². The second kappa shape index (κ2) is 7.27. The Bertz CT molecular complexity index is 422. The van der Waals surface area contributed by atoms with Crippen LogP contribution in [0.4, 0.5) is 4.39 Å². The molecule has 0 saturated heterocycles. The maximum absolute atomic E-state index is 12.8. The molecule has 0 spiro atoms. The molecule has 1 aromatic carbocycles. The van der Waals surface area contributed by atoms with Gasteiger partial charge in [-0.1, -0.05) is 0 Å². The minimum atomic E-state index is -0.254. The predicted octanol–water partition coefficient (Wildman–Crippen LogP) is 3.72. The molecule has 20 heavy (non-hydrogen) atoms. The predicted molar refractivity (Wildman–Crippen MR) is 74.0 cm³/mol. The van der Waals surface area contributed by atoms with Gasteiger partial charge in [0.25, 0.3) is 0 Å². The molecule has 0 radical (unpaired) electrons. The van der Waals surface area contributed by atoms with Crippen molar-refractivity contribution in [2.24, 2.45) is 5.92 Å². The Balaban J connectivity index is 1.74. The summed E-state index contributed by atoms with van der Waals surface area (Å²) in [6.07, 6.45) is 4.49. The summed E-state index contributed by atoms with van der Waals surface area (Å²) in [5.41, 5.74) is 0. The van der Waals surface area contributed by atoms with Crippen LogP contribution in [0.25, 0.3) is 0 Å². The number of hydrogen-bond donors (Lipinski definition) is 0. The minimum absolute atomic E-state index is 0.101. The standard InChI is InChI=1S/C16H21FO3/c1-2-19-16(18)11-12-3-7-14(8-4-12)20-15-9-5-13(17)6-10-15/h5-6,9-10,12,14H,2-4,7-8,11H2,1H3. The van der Waals surface area contributed by atoms with Crippen LogP contribution in [0.1, 0.15) is 39.0 Å². The van der Waals surface area contributed by atoms with Crippen molar-refractivity contribution in [3.05, 3.63) is 30.1 Å². The number of halogens is 1. The SMILES string of the molecule is CCOC(=O)CC1CCC(Oc2ccc(F)cc2)CC1. The number of carbonyl (C=O) groups excluding carboxylic acids is 1. The van der Waals surface area contributed by atoms with Crippen LogP contribution >= 0.6 is 0 Å². The summed E-state index contributed by atoms with van der Waals surface area (Å²) in [7, 11) is 0. The largest absolute Gasteiger partial charge is 0.490 e. The van der Waals surface area contributed by atoms with Gasteiger partial charge in [0.05, 0.1) is 12.7 Å². The maximum atomic E-state index is 12.8. The van der Waals surface area contributed by atoms with Crippen molar-refractivity contribution in [3.63, 3.8) is 0 Å². The van der Waals surface area contributed by atoms with E-state index in [9.17, 15) is 9.18 Å². The lowest BCUT2D eigenvalue weighted by Gasteiger charge is -2.28. The van der Waals surface area contributed by atoms with Gasteiger partial charge in [0.15, 0.2) is 0 Å². The second-order valence-corrected chi connectivity index (χ2v) is 5.22. The van der Waals surface area contributed by atoms with Crippen LogP contribution in [0.5, 0.6) is 5.75 Å². The van der Waals surface area contributed by atoms with Crippen molar-refractivity contribution in [2.45, 2.75) is 45.1 Å². The summed E-state index contributed by atoms with van der Waals surface area (Å²) in [6, 6.07) is 6.11. The molecule has 0 aromatic heterocycles. The third-order valence-corrected chi connectivity index (χ3v) is 3.67. The fourth-order valence-corrected chi connectivity index (χ4v) is 2.62. The first-order valence-electron chi connectivity index (χ1n) is 7.25. The van der Waals surface area contributed by atoms with Gasteiger partial charge in [0.1, 0.15) is 11.6 Å². The first-order valence-corrected chi connectivity index (χ1v) is 7.25. The number of rotatable bonds is 5. The molecule has 0 bridgehead atoms. The van der Waals surface area contributed by atoms with Gasteiger partial charge in [0.2, 0.25) is 0 Å². The monoisotopic (exact) mass is 280 g/mol. The average molecular weight is 280 g/mol. The fourth-order valence-electron chi connectivity index (χ4n) is 2.62. The molecule has 0 atom stereocenters. The molecule has 110 valence electrons. The summed E-state index contributed by atoms with van der Waals surface area (Å²) in [4.78, 5) is 11.4. The average Bonchev–Trinajstić information content (AvgIpc) is 2.44. The molecule has 0 unspecified atom stereocenters. The lowest BCUT2D eigenvalue weighted by atomic mass is 9.85. The number of hydrogen-bond acceptors (Lipinski definition) is 3. The normalized spacial score (nSPS) is 22.3. The Hall–Kier alpha value is -1.58. The van der Waals surface area contributed by atoms with Crippen LogP contribution in [0.2, 0.25) is 0 Å². The molecular formula is C16H21FO3. The number of ether oxygens (including phenoxy) is 2. The number of benzene rings is 1. The van der Waals surface area contributed by atoms with Crippen LogP contribution in [-0.2, 0) is 9.53 Å². The van der Waals surface area contributed by atoms with E-state index in [4.69, 9.17) is 9.47 Å². The second-order valence-electron chi connectivity index (χ2n) is 5.22. The highest BCUT2D eigenvalue weighted by Gasteiger charge is 2.24. The van der Waals surface area contributed by atoms with Crippen molar-refractivity contribution in [1.29, 1.82) is 0 Å². The maximum Gasteiger partial charge on any atom is 0.306 e. The molecule has 1 aliphatic rings. The fraction of sp³-hybridized carbons (Fsp3) is 0.562. The Morgan fingerprint density at radius 1 is 1.20 bits per heavy atom. The van der Waals surface area contributed by atoms with Crippen molar-refractivity contribution in [3.8, 4) is 5.75 Å². The van der Waals surface area contributed by atoms with Crippen molar-refractivity contribution >= 4 is 5.97 Å². The van der Waals surface area contributed by atoms with E-state index in [0.717, 1.165) is 25.7 Å². The Labute approximate surface area is 119 Å². The van der Waals surface area contributed by atoms with Gasteiger partial charge >= 0.3 is 5.97 Å². The molecule has 2 rings (SSSR count). The van der Waals surface area contributed by atoms with Gasteiger partial charge in [-0.25, -0.2) is 4.39 Å². The zero-order chi connectivity index (χ0) is 14.4. The molecule has 0 aliphatic heterocycles. The summed E-state index contributed by atoms with van der Waals surface area (Å²) in [6.45, 7) is 2.27. The molecule has 4 heteroatoms. The highest BCUT2D eigenvalue weighted by Crippen LogP contribution is 2.29. The van der Waals surface area contributed by atoms with E-state index >= 15 is 0 Å². The molecule has 1 fully saturated rings. The molecule has 0 N–H and O–H groups in total. The van der Waals surface area contributed by atoms with Crippen LogP contribution < -0.4 is 4.74 Å². The van der Waals surface area contributed by atoms with E-state index < -0.39 is 0 Å². The Morgan fingerprint density at radius 2 is 1.85 bits per heavy atom. The van der Waals surface area contributed by atoms with Crippen LogP contribution in [0.3, 0.4) is 0 Å². The van der Waals surface area contributed by atoms with E-state index in [2.05, 4.69) is 0 Å². The third-order valence-electron chi connectivity index (χ3n) is 3.67. The Morgan fingerprint density at radius 3 is 2.45 bits per heavy atom. The van der Waals surface area contributed by atoms with Gasteiger partial charge < -0.3 is 9.47 Å². The molecule has 3 nitrogen and oxygen atoms in total. The van der Waals surface area contributed by atoms with Crippen LogP contribution in [0, 0.1) is 11.7 Å². The highest BCUT2D eigenvalue weighted by atomic mass is 19.1. The Kier molecular flexibility index (Phi) is 5.39. The molecular weight excluding hydrogens is 259 g/mol. The lowest BCUT2D eigenvalue weighted by Crippen LogP contribution is -2.25. The molecule has 1 aromatic rings. The minimum Gasteiger partial charge on any atom is -0.490 e. The van der Waals surface area contributed by atoms with Gasteiger partial charge in [-0.3, -0.25) is 4.79 Å². The highest BCUT2D eigenvalue weighted by molar-refractivity contribution is 5.69. The molecule has 1 aliphatic carbocycles. The molecule has 0 heterocycles. The summed E-state index contributed by atoms with van der Waals surface area (Å²) in [5.74, 6) is 0.758. The van der Waals surface area contributed by atoms with E-state index in [0.29, 0.717) is 24.7 Å². The number of carbonyl (C=O) groups is 1. The van der Waals surface area contributed by atoms with Crippen molar-refractivity contribution in [2.75, 3.05) is 6.61 Å². The van der Waals surface area contributed by atoms with Gasteiger partial charge in [-0.15, -0.1) is 0 Å².